The summed E-state index contributed by atoms with van der Waals surface area (Å²) in [7, 11) is 3.19. The second-order valence-electron chi connectivity index (χ2n) is 4.52. The van der Waals surface area contributed by atoms with Gasteiger partial charge in [0.1, 0.15) is 11.5 Å². The first-order valence-electron chi connectivity index (χ1n) is 6.66. The molecule has 0 bridgehead atoms. The molecule has 3 N–H and O–H groups in total. The number of nitrogens with two attached hydrogens (primary N) is 1. The topological polar surface area (TPSA) is 68.9 Å². The second-order valence-corrected chi connectivity index (χ2v) is 4.96. The second kappa shape index (κ2) is 9.46. The summed E-state index contributed by atoms with van der Waals surface area (Å²) in [5.41, 5.74) is 7.63. The Morgan fingerprint density at radius 2 is 1.83 bits per heavy atom. The molecule has 2 rings (SSSR count). The zero-order chi connectivity index (χ0) is 15.9. The minimum Gasteiger partial charge on any atom is -0.497 e. The molecule has 5 nitrogen and oxygen atoms in total. The van der Waals surface area contributed by atoms with Crippen LogP contribution in [0.2, 0.25) is 5.02 Å². The number of guanidine groups is 1. The van der Waals surface area contributed by atoms with Crippen molar-refractivity contribution in [2.75, 3.05) is 19.5 Å². The highest BCUT2D eigenvalue weighted by Gasteiger charge is 2.06. The predicted octanol–water partition coefficient (Wildman–Crippen LogP) is 3.90. The van der Waals surface area contributed by atoms with Gasteiger partial charge in [-0.2, -0.15) is 0 Å². The van der Waals surface area contributed by atoms with Crippen LogP contribution in [-0.4, -0.2) is 20.2 Å². The summed E-state index contributed by atoms with van der Waals surface area (Å²) >= 11 is 5.85. The molecule has 7 heteroatoms. The van der Waals surface area contributed by atoms with Crippen LogP contribution in [0.4, 0.5) is 5.69 Å². The van der Waals surface area contributed by atoms with Gasteiger partial charge in [-0.1, -0.05) is 23.7 Å². The van der Waals surface area contributed by atoms with Gasteiger partial charge in [-0.3, -0.25) is 0 Å². The molecular formula is C16H19ClIN3O2. The number of methoxy groups -OCH3 is 2. The van der Waals surface area contributed by atoms with Crippen molar-refractivity contribution in [2.24, 2.45) is 10.7 Å². The molecule has 0 amide bonds. The van der Waals surface area contributed by atoms with Crippen LogP contribution in [0.15, 0.2) is 47.5 Å². The molecule has 0 aromatic heterocycles. The maximum Gasteiger partial charge on any atom is 0.193 e. The standard InChI is InChI=1S/C16H18ClN3O2.HI/c1-21-13-7-8-15(22-2)14(9-13)20-16(18)19-10-11-3-5-12(17)6-4-11;/h3-9H,10H2,1-2H3,(H3,18,19,20);1H. The van der Waals surface area contributed by atoms with Gasteiger partial charge in [0.05, 0.1) is 26.5 Å². The quantitative estimate of drug-likeness (QED) is 0.414. The molecule has 0 spiro atoms. The van der Waals surface area contributed by atoms with Gasteiger partial charge in [-0.15, -0.1) is 24.0 Å². The van der Waals surface area contributed by atoms with Crippen LogP contribution >= 0.6 is 35.6 Å². The molecule has 2 aromatic rings. The van der Waals surface area contributed by atoms with Crippen LogP contribution in [0.25, 0.3) is 0 Å². The van der Waals surface area contributed by atoms with Crippen molar-refractivity contribution in [3.05, 3.63) is 53.1 Å². The molecule has 23 heavy (non-hydrogen) atoms. The van der Waals surface area contributed by atoms with Crippen molar-refractivity contribution in [3.8, 4) is 11.5 Å². The van der Waals surface area contributed by atoms with E-state index in [4.69, 9.17) is 26.8 Å². The highest BCUT2D eigenvalue weighted by Crippen LogP contribution is 2.28. The smallest absolute Gasteiger partial charge is 0.193 e. The van der Waals surface area contributed by atoms with E-state index >= 15 is 0 Å². The van der Waals surface area contributed by atoms with Gasteiger partial charge in [-0.25, -0.2) is 4.99 Å². The summed E-state index contributed by atoms with van der Waals surface area (Å²) < 4.78 is 10.5. The normalized spacial score (nSPS) is 10.7. The molecule has 0 aliphatic rings. The minimum absolute atomic E-state index is 0. The van der Waals surface area contributed by atoms with Crippen LogP contribution in [0.5, 0.6) is 11.5 Å². The Bertz CT molecular complexity index is 663. The third-order valence-electron chi connectivity index (χ3n) is 3.01. The average molecular weight is 448 g/mol. The first-order valence-corrected chi connectivity index (χ1v) is 7.03. The number of rotatable bonds is 5. The summed E-state index contributed by atoms with van der Waals surface area (Å²) in [6.07, 6.45) is 0. The number of hydrogen-bond acceptors (Lipinski definition) is 3. The van der Waals surface area contributed by atoms with E-state index < -0.39 is 0 Å². The Balaban J connectivity index is 0.00000264. The van der Waals surface area contributed by atoms with E-state index in [-0.39, 0.29) is 24.0 Å². The van der Waals surface area contributed by atoms with Crippen LogP contribution in [0, 0.1) is 0 Å². The largest absolute Gasteiger partial charge is 0.497 e. The molecule has 0 saturated carbocycles. The monoisotopic (exact) mass is 447 g/mol. The fourth-order valence-corrected chi connectivity index (χ4v) is 1.98. The molecule has 0 saturated heterocycles. The number of benzene rings is 2. The molecular weight excluding hydrogens is 429 g/mol. The maximum atomic E-state index is 5.92. The number of nitrogens with one attached hydrogen (secondary N) is 1. The van der Waals surface area contributed by atoms with E-state index in [0.29, 0.717) is 34.7 Å². The molecule has 0 atom stereocenters. The predicted molar refractivity (Wildman–Crippen MR) is 105 cm³/mol. The first-order chi connectivity index (χ1) is 10.6. The Morgan fingerprint density at radius 3 is 2.43 bits per heavy atom. The van der Waals surface area contributed by atoms with E-state index in [1.807, 2.05) is 30.3 Å². The molecule has 0 aliphatic heterocycles. The Labute approximate surface area is 157 Å². The van der Waals surface area contributed by atoms with Crippen LogP contribution in [0.3, 0.4) is 0 Å². The van der Waals surface area contributed by atoms with Gasteiger partial charge in [0.25, 0.3) is 0 Å². The number of ether oxygens (including phenoxy) is 2. The lowest BCUT2D eigenvalue weighted by Crippen LogP contribution is -2.23. The molecule has 0 unspecified atom stereocenters. The fraction of sp³-hybridized carbons (Fsp3) is 0.188. The molecule has 124 valence electrons. The zero-order valence-corrected chi connectivity index (χ0v) is 16.0. The summed E-state index contributed by atoms with van der Waals surface area (Å²) in [6, 6.07) is 12.9. The Hall–Kier alpha value is -1.67. The van der Waals surface area contributed by atoms with Crippen LogP contribution in [-0.2, 0) is 6.54 Å². The lowest BCUT2D eigenvalue weighted by atomic mass is 10.2. The zero-order valence-electron chi connectivity index (χ0n) is 12.9. The third-order valence-corrected chi connectivity index (χ3v) is 3.27. The van der Waals surface area contributed by atoms with Crippen molar-refractivity contribution in [2.45, 2.75) is 6.54 Å². The highest BCUT2D eigenvalue weighted by atomic mass is 127. The summed E-state index contributed by atoms with van der Waals surface area (Å²) in [5.74, 6) is 1.65. The number of anilines is 1. The van der Waals surface area contributed by atoms with Crippen molar-refractivity contribution in [3.63, 3.8) is 0 Å². The van der Waals surface area contributed by atoms with Crippen molar-refractivity contribution in [1.29, 1.82) is 0 Å². The van der Waals surface area contributed by atoms with Crippen LogP contribution in [0.1, 0.15) is 5.56 Å². The maximum absolute atomic E-state index is 5.92. The van der Waals surface area contributed by atoms with Gasteiger partial charge in [0.2, 0.25) is 0 Å². The van der Waals surface area contributed by atoms with E-state index in [1.165, 1.54) is 0 Å². The van der Waals surface area contributed by atoms with Gasteiger partial charge >= 0.3 is 0 Å². The minimum atomic E-state index is 0. The van der Waals surface area contributed by atoms with Crippen molar-refractivity contribution in [1.82, 2.24) is 0 Å². The molecule has 0 fully saturated rings. The number of aliphatic imine (C=N–C) groups is 1. The SMILES string of the molecule is COc1ccc(OC)c(NC(N)=NCc2ccc(Cl)cc2)c1.I. The molecule has 0 aliphatic carbocycles. The van der Waals surface area contributed by atoms with Gasteiger partial charge in [0.15, 0.2) is 5.96 Å². The van der Waals surface area contributed by atoms with Gasteiger partial charge < -0.3 is 20.5 Å². The van der Waals surface area contributed by atoms with Gasteiger partial charge in [-0.05, 0) is 29.8 Å². The third kappa shape index (κ3) is 5.80. The summed E-state index contributed by atoms with van der Waals surface area (Å²) in [6.45, 7) is 0.461. The molecule has 0 radical (unpaired) electrons. The van der Waals surface area contributed by atoms with E-state index in [0.717, 1.165) is 5.56 Å². The van der Waals surface area contributed by atoms with Crippen LogP contribution < -0.4 is 20.5 Å². The lowest BCUT2D eigenvalue weighted by molar-refractivity contribution is 0.405. The van der Waals surface area contributed by atoms with Crippen molar-refractivity contribution >= 4 is 47.2 Å². The van der Waals surface area contributed by atoms with E-state index in [9.17, 15) is 0 Å². The average Bonchev–Trinajstić information content (AvgIpc) is 2.54. The highest BCUT2D eigenvalue weighted by molar-refractivity contribution is 14.0. The molecule has 2 aromatic carbocycles. The Morgan fingerprint density at radius 1 is 1.13 bits per heavy atom. The number of halogens is 2. The van der Waals surface area contributed by atoms with E-state index in [2.05, 4.69) is 10.3 Å². The first kappa shape index (κ1) is 19.4. The fourth-order valence-electron chi connectivity index (χ4n) is 1.86. The number of hydrogen-bond donors (Lipinski definition) is 2. The molecule has 0 heterocycles. The summed E-state index contributed by atoms with van der Waals surface area (Å²) in [4.78, 5) is 4.29. The summed E-state index contributed by atoms with van der Waals surface area (Å²) in [5, 5.41) is 3.71. The number of nitrogens with zero attached hydrogens (tertiary/aromatic N) is 1. The van der Waals surface area contributed by atoms with E-state index in [1.54, 1.807) is 26.4 Å². The van der Waals surface area contributed by atoms with Gasteiger partial charge in [0, 0.05) is 11.1 Å². The Kier molecular flexibility index (Phi) is 7.97. The lowest BCUT2D eigenvalue weighted by Gasteiger charge is -2.12. The van der Waals surface area contributed by atoms with Crippen molar-refractivity contribution < 1.29 is 9.47 Å².